The van der Waals surface area contributed by atoms with Gasteiger partial charge in [0.1, 0.15) is 5.69 Å². The molecule has 144 valence electrons. The van der Waals surface area contributed by atoms with E-state index >= 15 is 0 Å². The fourth-order valence-corrected chi connectivity index (χ4v) is 3.96. The van der Waals surface area contributed by atoms with Crippen LogP contribution in [0.2, 0.25) is 0 Å². The third kappa shape index (κ3) is 3.40. The Morgan fingerprint density at radius 3 is 2.46 bits per heavy atom. The molecule has 1 fully saturated rings. The van der Waals surface area contributed by atoms with Crippen molar-refractivity contribution in [3.63, 3.8) is 0 Å². The van der Waals surface area contributed by atoms with Crippen molar-refractivity contribution in [1.29, 1.82) is 0 Å². The van der Waals surface area contributed by atoms with Gasteiger partial charge in [0, 0.05) is 44.0 Å². The number of carbonyl (C=O) groups excluding carboxylic acids is 1. The fraction of sp³-hybridized carbons (Fsp3) is 0.304. The first kappa shape index (κ1) is 18.3. The highest BCUT2D eigenvalue weighted by atomic mass is 16.2. The molecule has 0 spiro atoms. The second-order valence-corrected chi connectivity index (χ2v) is 7.48. The predicted octanol–water partition coefficient (Wildman–Crippen LogP) is 3.75. The molecule has 1 aliphatic heterocycles. The van der Waals surface area contributed by atoms with Crippen molar-refractivity contribution >= 4 is 11.6 Å². The monoisotopic (exact) mass is 374 g/mol. The Bertz CT molecular complexity index is 979. The lowest BCUT2D eigenvalue weighted by Crippen LogP contribution is -2.54. The summed E-state index contributed by atoms with van der Waals surface area (Å²) in [7, 11) is 1.84. The molecule has 1 saturated heterocycles. The Morgan fingerprint density at radius 2 is 1.75 bits per heavy atom. The van der Waals surface area contributed by atoms with Crippen molar-refractivity contribution in [1.82, 2.24) is 14.7 Å². The van der Waals surface area contributed by atoms with Crippen LogP contribution in [-0.4, -0.2) is 46.3 Å². The lowest BCUT2D eigenvalue weighted by Gasteiger charge is -2.41. The Kier molecular flexibility index (Phi) is 4.90. The van der Waals surface area contributed by atoms with Crippen molar-refractivity contribution in [3.05, 3.63) is 71.9 Å². The number of benzene rings is 2. The maximum atomic E-state index is 13.2. The minimum atomic E-state index is 0.0501. The molecule has 0 N–H and O–H groups in total. The molecule has 0 saturated carbocycles. The van der Waals surface area contributed by atoms with Crippen LogP contribution in [0.4, 0.5) is 5.69 Å². The van der Waals surface area contributed by atoms with E-state index in [1.54, 1.807) is 4.68 Å². The normalized spacial score (nSPS) is 17.0. The molecule has 28 heavy (non-hydrogen) atoms. The lowest BCUT2D eigenvalue weighted by molar-refractivity contribution is 0.0663. The van der Waals surface area contributed by atoms with Crippen LogP contribution in [0.5, 0.6) is 0 Å². The molecule has 2 heterocycles. The van der Waals surface area contributed by atoms with Gasteiger partial charge in [-0.05, 0) is 31.5 Å². The molecule has 4 rings (SSSR count). The summed E-state index contributed by atoms with van der Waals surface area (Å²) in [6.45, 7) is 6.64. The third-order valence-electron chi connectivity index (χ3n) is 5.51. The molecule has 0 radical (unpaired) electrons. The van der Waals surface area contributed by atoms with Gasteiger partial charge in [-0.15, -0.1) is 0 Å². The summed E-state index contributed by atoms with van der Waals surface area (Å²) in [5.41, 5.74) is 5.02. The Morgan fingerprint density at radius 1 is 1.04 bits per heavy atom. The molecule has 3 aromatic rings. The number of piperazine rings is 1. The zero-order valence-electron chi connectivity index (χ0n) is 16.7. The van der Waals surface area contributed by atoms with Crippen molar-refractivity contribution < 1.29 is 4.79 Å². The van der Waals surface area contributed by atoms with Gasteiger partial charge in [-0.25, -0.2) is 0 Å². The van der Waals surface area contributed by atoms with Crippen LogP contribution in [-0.2, 0) is 7.05 Å². The minimum Gasteiger partial charge on any atom is -0.367 e. The number of carbonyl (C=O) groups is 1. The van der Waals surface area contributed by atoms with Crippen LogP contribution in [0, 0.1) is 6.92 Å². The zero-order valence-corrected chi connectivity index (χ0v) is 16.7. The smallest absolute Gasteiger partial charge is 0.272 e. The summed E-state index contributed by atoms with van der Waals surface area (Å²) < 4.78 is 1.70. The van der Waals surface area contributed by atoms with Crippen molar-refractivity contribution in [3.8, 4) is 11.3 Å². The summed E-state index contributed by atoms with van der Waals surface area (Å²) in [5, 5.41) is 4.55. The summed E-state index contributed by atoms with van der Waals surface area (Å²) in [6.07, 6.45) is 0. The molecule has 0 unspecified atom stereocenters. The summed E-state index contributed by atoms with van der Waals surface area (Å²) in [4.78, 5) is 17.6. The van der Waals surface area contributed by atoms with E-state index in [0.29, 0.717) is 12.2 Å². The van der Waals surface area contributed by atoms with E-state index in [1.165, 1.54) is 11.3 Å². The minimum absolute atomic E-state index is 0.0501. The molecule has 1 aromatic heterocycles. The molecule has 5 heteroatoms. The van der Waals surface area contributed by atoms with E-state index in [2.05, 4.69) is 48.1 Å². The van der Waals surface area contributed by atoms with Gasteiger partial charge in [-0.1, -0.05) is 48.5 Å². The maximum Gasteiger partial charge on any atom is 0.272 e. The van der Waals surface area contributed by atoms with Crippen LogP contribution < -0.4 is 4.90 Å². The fourth-order valence-electron chi connectivity index (χ4n) is 3.96. The van der Waals surface area contributed by atoms with E-state index < -0.39 is 0 Å². The lowest BCUT2D eigenvalue weighted by atomic mass is 10.1. The number of hydrogen-bond acceptors (Lipinski definition) is 3. The Balaban J connectivity index is 1.52. The average Bonchev–Trinajstić information content (AvgIpc) is 3.10. The molecule has 1 atom stereocenters. The first-order chi connectivity index (χ1) is 13.5. The molecule has 2 aromatic carbocycles. The van der Waals surface area contributed by atoms with Crippen molar-refractivity contribution in [2.45, 2.75) is 19.9 Å². The van der Waals surface area contributed by atoms with Crippen LogP contribution in [0.25, 0.3) is 11.3 Å². The second-order valence-electron chi connectivity index (χ2n) is 7.48. The van der Waals surface area contributed by atoms with Gasteiger partial charge in [0.05, 0.1) is 5.69 Å². The third-order valence-corrected chi connectivity index (χ3v) is 5.51. The van der Waals surface area contributed by atoms with Gasteiger partial charge in [0.15, 0.2) is 0 Å². The van der Waals surface area contributed by atoms with Gasteiger partial charge in [-0.2, -0.15) is 5.10 Å². The Hall–Kier alpha value is -3.08. The molecule has 0 bridgehead atoms. The molecule has 5 nitrogen and oxygen atoms in total. The van der Waals surface area contributed by atoms with E-state index in [4.69, 9.17) is 0 Å². The number of amides is 1. The number of aryl methyl sites for hydroxylation is 2. The topological polar surface area (TPSA) is 41.4 Å². The quantitative estimate of drug-likeness (QED) is 0.701. The number of aromatic nitrogens is 2. The second kappa shape index (κ2) is 7.50. The molecular formula is C23H26N4O. The van der Waals surface area contributed by atoms with E-state index in [1.807, 2.05) is 48.3 Å². The molecule has 1 amide bonds. The van der Waals surface area contributed by atoms with Gasteiger partial charge in [0.25, 0.3) is 5.91 Å². The summed E-state index contributed by atoms with van der Waals surface area (Å²) >= 11 is 0. The van der Waals surface area contributed by atoms with Gasteiger partial charge < -0.3 is 9.80 Å². The van der Waals surface area contributed by atoms with Crippen LogP contribution >= 0.6 is 0 Å². The zero-order chi connectivity index (χ0) is 19.7. The number of anilines is 1. The molecule has 0 aliphatic carbocycles. The van der Waals surface area contributed by atoms with Crippen molar-refractivity contribution in [2.75, 3.05) is 24.5 Å². The van der Waals surface area contributed by atoms with Crippen LogP contribution in [0.15, 0.2) is 60.7 Å². The predicted molar refractivity (Wildman–Crippen MR) is 113 cm³/mol. The SMILES string of the molecule is Cc1ccccc1N1CCN(C(=O)c2cc(-c3ccccc3)nn2C)[C@H](C)C1. The average molecular weight is 374 g/mol. The molecule has 1 aliphatic rings. The van der Waals surface area contributed by atoms with Gasteiger partial charge in [-0.3, -0.25) is 9.48 Å². The number of nitrogens with zero attached hydrogens (tertiary/aromatic N) is 4. The largest absolute Gasteiger partial charge is 0.367 e. The first-order valence-corrected chi connectivity index (χ1v) is 9.75. The van der Waals surface area contributed by atoms with E-state index in [0.717, 1.165) is 24.3 Å². The Labute approximate surface area is 166 Å². The van der Waals surface area contributed by atoms with Crippen molar-refractivity contribution in [2.24, 2.45) is 7.05 Å². The van der Waals surface area contributed by atoms with Crippen LogP contribution in [0.1, 0.15) is 23.0 Å². The maximum absolute atomic E-state index is 13.2. The molecular weight excluding hydrogens is 348 g/mol. The first-order valence-electron chi connectivity index (χ1n) is 9.75. The van der Waals surface area contributed by atoms with E-state index in [-0.39, 0.29) is 11.9 Å². The van der Waals surface area contributed by atoms with E-state index in [9.17, 15) is 4.79 Å². The number of para-hydroxylation sites is 1. The summed E-state index contributed by atoms with van der Waals surface area (Å²) in [5.74, 6) is 0.0501. The standard InChI is InChI=1S/C23H26N4O/c1-17-9-7-8-12-21(17)26-13-14-27(18(2)16-26)23(28)22-15-20(24-25(22)3)19-10-5-4-6-11-19/h4-12,15,18H,13-14,16H2,1-3H3/t18-/m1/s1. The van der Waals surface area contributed by atoms with Gasteiger partial charge in [0.2, 0.25) is 0 Å². The highest BCUT2D eigenvalue weighted by Gasteiger charge is 2.30. The summed E-state index contributed by atoms with van der Waals surface area (Å²) in [6, 6.07) is 20.4. The highest BCUT2D eigenvalue weighted by molar-refractivity contribution is 5.94. The number of hydrogen-bond donors (Lipinski definition) is 0. The van der Waals surface area contributed by atoms with Crippen LogP contribution in [0.3, 0.4) is 0 Å². The number of rotatable bonds is 3. The highest BCUT2D eigenvalue weighted by Crippen LogP contribution is 2.25. The van der Waals surface area contributed by atoms with Gasteiger partial charge >= 0.3 is 0 Å².